The van der Waals surface area contributed by atoms with E-state index in [2.05, 4.69) is 0 Å². The second kappa shape index (κ2) is 9.80. The summed E-state index contributed by atoms with van der Waals surface area (Å²) in [5.74, 6) is -0.323. The van der Waals surface area contributed by atoms with Crippen molar-refractivity contribution >= 4 is 44.2 Å². The molecular formula is C25H23N3O5S. The molecule has 0 aliphatic heterocycles. The fourth-order valence-corrected chi connectivity index (χ4v) is 4.47. The number of amides is 2. The minimum atomic E-state index is -0.647. The molecule has 1 heterocycles. The van der Waals surface area contributed by atoms with Crippen LogP contribution in [0.5, 0.6) is 17.2 Å². The van der Waals surface area contributed by atoms with E-state index in [-0.39, 0.29) is 29.8 Å². The number of para-hydroxylation sites is 2. The molecule has 0 aliphatic rings. The van der Waals surface area contributed by atoms with Crippen LogP contribution in [0.2, 0.25) is 0 Å². The summed E-state index contributed by atoms with van der Waals surface area (Å²) < 4.78 is 17.3. The van der Waals surface area contributed by atoms with Gasteiger partial charge in [0.2, 0.25) is 5.75 Å². The van der Waals surface area contributed by atoms with Gasteiger partial charge in [0.25, 0.3) is 11.8 Å². The zero-order valence-electron chi connectivity index (χ0n) is 18.9. The third kappa shape index (κ3) is 4.51. The highest BCUT2D eigenvalue weighted by molar-refractivity contribution is 7.22. The molecule has 2 amide bonds. The standard InChI is InChI=1S/C25H23N3O5S/c1-15-8-4-6-10-18(15)28(25-27-17-9-5-7-11-21(17)34-25)24(30)16-12-19(31-2)23(20(13-16)32-3)33-14-22(26)29/h4-13H,14H2,1-3H3,(H2,26,29). The summed E-state index contributed by atoms with van der Waals surface area (Å²) in [5.41, 5.74) is 7.92. The van der Waals surface area contributed by atoms with Crippen molar-refractivity contribution in [3.8, 4) is 17.2 Å². The van der Waals surface area contributed by atoms with Crippen LogP contribution in [-0.2, 0) is 4.79 Å². The summed E-state index contributed by atoms with van der Waals surface area (Å²) in [5, 5.41) is 0.535. The number of benzene rings is 3. The summed E-state index contributed by atoms with van der Waals surface area (Å²) in [7, 11) is 2.87. The fourth-order valence-electron chi connectivity index (χ4n) is 3.49. The van der Waals surface area contributed by atoms with Crippen LogP contribution in [0.3, 0.4) is 0 Å². The molecule has 1 aromatic heterocycles. The number of thiazole rings is 1. The average Bonchev–Trinajstić information content (AvgIpc) is 3.27. The quantitative estimate of drug-likeness (QED) is 0.402. The van der Waals surface area contributed by atoms with Crippen LogP contribution in [0.1, 0.15) is 15.9 Å². The highest BCUT2D eigenvalue weighted by Gasteiger charge is 2.27. The number of primary amides is 1. The molecule has 3 aromatic carbocycles. The van der Waals surface area contributed by atoms with E-state index in [9.17, 15) is 9.59 Å². The Morgan fingerprint density at radius 1 is 1.00 bits per heavy atom. The average molecular weight is 478 g/mol. The molecule has 4 rings (SSSR count). The first kappa shape index (κ1) is 23.1. The summed E-state index contributed by atoms with van der Waals surface area (Å²) in [4.78, 5) is 31.5. The van der Waals surface area contributed by atoms with Gasteiger partial charge in [-0.1, -0.05) is 41.7 Å². The monoisotopic (exact) mass is 477 g/mol. The molecule has 0 spiro atoms. The van der Waals surface area contributed by atoms with Gasteiger partial charge in [-0.05, 0) is 42.8 Å². The molecular weight excluding hydrogens is 454 g/mol. The van der Waals surface area contributed by atoms with E-state index in [1.807, 2.05) is 55.5 Å². The minimum absolute atomic E-state index is 0.183. The predicted molar refractivity (Wildman–Crippen MR) is 132 cm³/mol. The van der Waals surface area contributed by atoms with Crippen molar-refractivity contribution < 1.29 is 23.8 Å². The van der Waals surface area contributed by atoms with Gasteiger partial charge in [0.05, 0.1) is 30.1 Å². The molecule has 0 fully saturated rings. The van der Waals surface area contributed by atoms with E-state index in [4.69, 9.17) is 24.9 Å². The Labute approximate surface area is 200 Å². The SMILES string of the molecule is COc1cc(C(=O)N(c2nc3ccccc3s2)c2ccccc2C)cc(OC)c1OCC(N)=O. The first-order valence-electron chi connectivity index (χ1n) is 10.4. The van der Waals surface area contributed by atoms with Gasteiger partial charge in [-0.3, -0.25) is 14.5 Å². The smallest absolute Gasteiger partial charge is 0.264 e. The fraction of sp³-hybridized carbons (Fsp3) is 0.160. The Bertz CT molecular complexity index is 1310. The first-order valence-corrected chi connectivity index (χ1v) is 11.2. The van der Waals surface area contributed by atoms with Crippen LogP contribution in [0.4, 0.5) is 10.8 Å². The lowest BCUT2D eigenvalue weighted by Gasteiger charge is -2.23. The zero-order valence-corrected chi connectivity index (χ0v) is 19.7. The van der Waals surface area contributed by atoms with Crippen LogP contribution >= 0.6 is 11.3 Å². The molecule has 34 heavy (non-hydrogen) atoms. The van der Waals surface area contributed by atoms with Crippen LogP contribution < -0.4 is 24.8 Å². The number of carbonyl (C=O) groups excluding carboxylic acids is 2. The number of hydrogen-bond acceptors (Lipinski definition) is 7. The second-order valence-electron chi connectivity index (χ2n) is 7.36. The number of carbonyl (C=O) groups is 2. The molecule has 0 saturated heterocycles. The van der Waals surface area contributed by atoms with Crippen molar-refractivity contribution in [3.05, 3.63) is 71.8 Å². The number of hydrogen-bond donors (Lipinski definition) is 1. The van der Waals surface area contributed by atoms with Gasteiger partial charge < -0.3 is 19.9 Å². The molecule has 9 heteroatoms. The predicted octanol–water partition coefficient (Wildman–Crippen LogP) is 4.46. The molecule has 0 aliphatic carbocycles. The number of fused-ring (bicyclic) bond motifs is 1. The lowest BCUT2D eigenvalue weighted by molar-refractivity contribution is -0.120. The number of rotatable bonds is 8. The Morgan fingerprint density at radius 3 is 2.26 bits per heavy atom. The van der Waals surface area contributed by atoms with Crippen LogP contribution in [-0.4, -0.2) is 37.6 Å². The Hall–Kier alpha value is -4.11. The van der Waals surface area contributed by atoms with E-state index in [0.29, 0.717) is 16.4 Å². The number of nitrogens with zero attached hydrogens (tertiary/aromatic N) is 2. The van der Waals surface area contributed by atoms with Crippen molar-refractivity contribution in [2.24, 2.45) is 5.73 Å². The number of anilines is 2. The van der Waals surface area contributed by atoms with Crippen molar-refractivity contribution in [1.82, 2.24) is 4.98 Å². The van der Waals surface area contributed by atoms with Gasteiger partial charge in [-0.25, -0.2) is 4.98 Å². The molecule has 0 atom stereocenters. The summed E-state index contributed by atoms with van der Waals surface area (Å²) >= 11 is 1.42. The van der Waals surface area contributed by atoms with Crippen LogP contribution in [0.15, 0.2) is 60.7 Å². The summed E-state index contributed by atoms with van der Waals surface area (Å²) in [6, 6.07) is 18.4. The second-order valence-corrected chi connectivity index (χ2v) is 8.37. The molecule has 8 nitrogen and oxygen atoms in total. The lowest BCUT2D eigenvalue weighted by atomic mass is 10.1. The Morgan fingerprint density at radius 2 is 1.65 bits per heavy atom. The number of methoxy groups -OCH3 is 2. The van der Waals surface area contributed by atoms with Gasteiger partial charge >= 0.3 is 0 Å². The largest absolute Gasteiger partial charge is 0.493 e. The number of nitrogens with two attached hydrogens (primary N) is 1. The van der Waals surface area contributed by atoms with Crippen molar-refractivity contribution in [2.75, 3.05) is 25.7 Å². The molecule has 0 unspecified atom stereocenters. The van der Waals surface area contributed by atoms with Gasteiger partial charge in [-0.15, -0.1) is 0 Å². The van der Waals surface area contributed by atoms with E-state index < -0.39 is 5.91 Å². The van der Waals surface area contributed by atoms with E-state index in [1.54, 1.807) is 17.0 Å². The maximum absolute atomic E-state index is 14.0. The highest BCUT2D eigenvalue weighted by Crippen LogP contribution is 2.41. The number of aromatic nitrogens is 1. The lowest BCUT2D eigenvalue weighted by Crippen LogP contribution is -2.27. The van der Waals surface area contributed by atoms with Gasteiger partial charge in [0, 0.05) is 5.56 Å². The molecule has 0 radical (unpaired) electrons. The normalized spacial score (nSPS) is 10.7. The number of aryl methyl sites for hydroxylation is 1. The van der Waals surface area contributed by atoms with Crippen LogP contribution in [0, 0.1) is 6.92 Å². The Balaban J connectivity index is 1.85. The van der Waals surface area contributed by atoms with Crippen molar-refractivity contribution in [3.63, 3.8) is 0 Å². The topological polar surface area (TPSA) is 104 Å². The van der Waals surface area contributed by atoms with E-state index >= 15 is 0 Å². The van der Waals surface area contributed by atoms with Crippen molar-refractivity contribution in [2.45, 2.75) is 6.92 Å². The van der Waals surface area contributed by atoms with Gasteiger partial charge in [0.1, 0.15) is 0 Å². The molecule has 4 aromatic rings. The third-order valence-corrected chi connectivity index (χ3v) is 6.12. The minimum Gasteiger partial charge on any atom is -0.493 e. The van der Waals surface area contributed by atoms with Gasteiger partial charge in [-0.2, -0.15) is 0 Å². The Kier molecular flexibility index (Phi) is 6.65. The highest BCUT2D eigenvalue weighted by atomic mass is 32.1. The zero-order chi connectivity index (χ0) is 24.2. The summed E-state index contributed by atoms with van der Waals surface area (Å²) in [6.07, 6.45) is 0. The van der Waals surface area contributed by atoms with Crippen LogP contribution in [0.25, 0.3) is 10.2 Å². The first-order chi connectivity index (χ1) is 16.4. The van der Waals surface area contributed by atoms with Gasteiger partial charge in [0.15, 0.2) is 23.2 Å². The summed E-state index contributed by atoms with van der Waals surface area (Å²) in [6.45, 7) is 1.58. The number of ether oxygens (including phenoxy) is 3. The molecule has 0 saturated carbocycles. The van der Waals surface area contributed by atoms with Crippen molar-refractivity contribution in [1.29, 1.82) is 0 Å². The van der Waals surface area contributed by atoms with E-state index in [1.165, 1.54) is 25.6 Å². The maximum Gasteiger partial charge on any atom is 0.264 e. The maximum atomic E-state index is 14.0. The van der Waals surface area contributed by atoms with E-state index in [0.717, 1.165) is 15.8 Å². The molecule has 0 bridgehead atoms. The third-order valence-electron chi connectivity index (χ3n) is 5.10. The molecule has 174 valence electrons. The molecule has 2 N–H and O–H groups in total.